The third-order valence-corrected chi connectivity index (χ3v) is 8.48. The Morgan fingerprint density at radius 3 is 2.17 bits per heavy atom. The molecule has 1 N–H and O–H groups in total. The van der Waals surface area contributed by atoms with Crippen LogP contribution in [0.25, 0.3) is 0 Å². The predicted octanol–water partition coefficient (Wildman–Crippen LogP) is 5.17. The van der Waals surface area contributed by atoms with E-state index in [1.807, 2.05) is 6.92 Å². The van der Waals surface area contributed by atoms with E-state index >= 15 is 0 Å². The Morgan fingerprint density at radius 1 is 0.976 bits per heavy atom. The molecule has 3 rings (SSSR count). The smallest absolute Gasteiger partial charge is 0.269 e. The second kappa shape index (κ2) is 14.6. The number of sulfonamides is 1. The highest BCUT2D eigenvalue weighted by Crippen LogP contribution is 2.27. The Morgan fingerprint density at radius 2 is 1.61 bits per heavy atom. The van der Waals surface area contributed by atoms with Crippen molar-refractivity contribution in [1.29, 1.82) is 0 Å². The summed E-state index contributed by atoms with van der Waals surface area (Å²) in [6, 6.07) is 18.4. The third-order valence-electron chi connectivity index (χ3n) is 6.44. The molecule has 0 bridgehead atoms. The number of benzene rings is 3. The highest BCUT2D eigenvalue weighted by atomic mass is 35.5. The summed E-state index contributed by atoms with van der Waals surface area (Å²) in [6.45, 7) is 3.63. The number of nitrogens with zero attached hydrogens (tertiary/aromatic N) is 3. The normalized spacial score (nSPS) is 11.9. The molecule has 0 heterocycles. The maximum Gasteiger partial charge on any atom is 0.269 e. The van der Waals surface area contributed by atoms with E-state index in [4.69, 9.17) is 11.6 Å². The van der Waals surface area contributed by atoms with Gasteiger partial charge in [0.15, 0.2) is 0 Å². The molecule has 2 amide bonds. The van der Waals surface area contributed by atoms with Crippen LogP contribution in [-0.4, -0.2) is 49.2 Å². The second-order valence-corrected chi connectivity index (χ2v) is 11.6. The summed E-state index contributed by atoms with van der Waals surface area (Å²) in [5.41, 5.74) is 0.548. The number of rotatable bonds is 14. The summed E-state index contributed by atoms with van der Waals surface area (Å²) in [5, 5.41) is 14.6. The molecule has 0 aliphatic rings. The molecule has 10 nitrogen and oxygen atoms in total. The minimum absolute atomic E-state index is 0.0369. The first-order chi connectivity index (χ1) is 19.6. The Bertz CT molecular complexity index is 1430. The van der Waals surface area contributed by atoms with Crippen LogP contribution in [0.4, 0.5) is 11.4 Å². The molecular weight excluding hydrogens is 568 g/mol. The van der Waals surface area contributed by atoms with Crippen molar-refractivity contribution in [3.8, 4) is 0 Å². The first-order valence-corrected chi connectivity index (χ1v) is 15.0. The molecule has 0 spiro atoms. The largest absolute Gasteiger partial charge is 0.354 e. The number of hydrogen-bond acceptors (Lipinski definition) is 6. The lowest BCUT2D eigenvalue weighted by Gasteiger charge is -2.33. The molecule has 41 heavy (non-hydrogen) atoms. The fourth-order valence-corrected chi connectivity index (χ4v) is 5.76. The van der Waals surface area contributed by atoms with Crippen LogP contribution < -0.4 is 9.62 Å². The van der Waals surface area contributed by atoms with Gasteiger partial charge in [0.1, 0.15) is 12.6 Å². The average molecular weight is 601 g/mol. The second-order valence-electron chi connectivity index (χ2n) is 9.31. The van der Waals surface area contributed by atoms with Crippen LogP contribution in [0, 0.1) is 10.1 Å². The molecule has 0 aliphatic heterocycles. The van der Waals surface area contributed by atoms with Gasteiger partial charge in [-0.1, -0.05) is 62.2 Å². The lowest BCUT2D eigenvalue weighted by Crippen LogP contribution is -2.52. The quantitative estimate of drug-likeness (QED) is 0.154. The number of anilines is 1. The number of halogens is 1. The minimum Gasteiger partial charge on any atom is -0.354 e. The maximum atomic E-state index is 14.0. The van der Waals surface area contributed by atoms with Crippen LogP contribution in [-0.2, 0) is 26.2 Å². The minimum atomic E-state index is -4.27. The number of hydrogen-bond donors (Lipinski definition) is 1. The lowest BCUT2D eigenvalue weighted by atomic mass is 10.1. The Labute approximate surface area is 245 Å². The van der Waals surface area contributed by atoms with Gasteiger partial charge in [-0.3, -0.25) is 24.0 Å². The fourth-order valence-electron chi connectivity index (χ4n) is 4.20. The van der Waals surface area contributed by atoms with E-state index in [9.17, 15) is 28.1 Å². The lowest BCUT2D eigenvalue weighted by molar-refractivity contribution is -0.384. The van der Waals surface area contributed by atoms with Gasteiger partial charge in [0.05, 0.1) is 15.5 Å². The molecule has 12 heteroatoms. The molecule has 0 radical (unpaired) electrons. The van der Waals surface area contributed by atoms with Gasteiger partial charge in [-0.2, -0.15) is 0 Å². The van der Waals surface area contributed by atoms with Crippen molar-refractivity contribution in [2.75, 3.05) is 17.4 Å². The number of carbonyl (C=O) groups excluding carboxylic acids is 2. The Hall–Kier alpha value is -3.96. The molecule has 0 aliphatic carbocycles. The summed E-state index contributed by atoms with van der Waals surface area (Å²) in [5.74, 6) is -0.952. The molecule has 0 saturated carbocycles. The van der Waals surface area contributed by atoms with Crippen LogP contribution in [0.1, 0.15) is 38.7 Å². The van der Waals surface area contributed by atoms with Crippen molar-refractivity contribution in [3.63, 3.8) is 0 Å². The van der Waals surface area contributed by atoms with E-state index in [0.29, 0.717) is 23.6 Å². The highest BCUT2D eigenvalue weighted by molar-refractivity contribution is 7.92. The SMILES string of the molecule is CCCCNC(=O)[C@@H](CC)N(Cc1ccc(Cl)cc1)C(=O)CN(c1ccc([N+](=O)[O-])cc1)S(=O)(=O)c1ccccc1. The van der Waals surface area contributed by atoms with E-state index in [1.165, 1.54) is 41.3 Å². The Kier molecular flexibility index (Phi) is 11.2. The fraction of sp³-hybridized carbons (Fsp3) is 0.310. The molecular formula is C29H33ClN4O6S. The average Bonchev–Trinajstić information content (AvgIpc) is 2.97. The van der Waals surface area contributed by atoms with E-state index in [0.717, 1.165) is 17.1 Å². The van der Waals surface area contributed by atoms with Gasteiger partial charge in [0.25, 0.3) is 15.7 Å². The van der Waals surface area contributed by atoms with Gasteiger partial charge in [-0.25, -0.2) is 8.42 Å². The summed E-state index contributed by atoms with van der Waals surface area (Å²) >= 11 is 6.04. The molecule has 0 aromatic heterocycles. The highest BCUT2D eigenvalue weighted by Gasteiger charge is 2.33. The van der Waals surface area contributed by atoms with Crippen LogP contribution >= 0.6 is 11.6 Å². The van der Waals surface area contributed by atoms with Crippen LogP contribution in [0.3, 0.4) is 0 Å². The van der Waals surface area contributed by atoms with Gasteiger partial charge in [0.2, 0.25) is 11.8 Å². The molecule has 0 fully saturated rings. The summed E-state index contributed by atoms with van der Waals surface area (Å²) in [7, 11) is -4.27. The summed E-state index contributed by atoms with van der Waals surface area (Å²) in [6.07, 6.45) is 1.95. The van der Waals surface area contributed by atoms with Gasteiger partial charge < -0.3 is 10.2 Å². The number of nitro groups is 1. The van der Waals surface area contributed by atoms with E-state index in [-0.39, 0.29) is 28.7 Å². The molecule has 1 atom stereocenters. The zero-order chi connectivity index (χ0) is 30.0. The molecule has 3 aromatic rings. The van der Waals surface area contributed by atoms with Gasteiger partial charge >= 0.3 is 0 Å². The maximum absolute atomic E-state index is 14.0. The molecule has 0 saturated heterocycles. The first-order valence-electron chi connectivity index (χ1n) is 13.2. The predicted molar refractivity (Wildman–Crippen MR) is 158 cm³/mol. The molecule has 0 unspecified atom stereocenters. The molecule has 3 aromatic carbocycles. The van der Waals surface area contributed by atoms with Crippen molar-refractivity contribution >= 4 is 44.8 Å². The monoisotopic (exact) mass is 600 g/mol. The van der Waals surface area contributed by atoms with Crippen LogP contribution in [0.15, 0.2) is 83.8 Å². The van der Waals surface area contributed by atoms with Gasteiger partial charge in [-0.15, -0.1) is 0 Å². The molecule has 218 valence electrons. The summed E-state index contributed by atoms with van der Waals surface area (Å²) < 4.78 is 28.5. The Balaban J connectivity index is 2.03. The van der Waals surface area contributed by atoms with Crippen molar-refractivity contribution in [2.45, 2.75) is 50.6 Å². The third kappa shape index (κ3) is 8.27. The van der Waals surface area contributed by atoms with E-state index < -0.39 is 33.4 Å². The topological polar surface area (TPSA) is 130 Å². The number of carbonyl (C=O) groups is 2. The number of amides is 2. The van der Waals surface area contributed by atoms with Crippen molar-refractivity contribution in [3.05, 3.63) is 99.6 Å². The van der Waals surface area contributed by atoms with E-state index in [1.54, 1.807) is 49.4 Å². The van der Waals surface area contributed by atoms with E-state index in [2.05, 4.69) is 5.32 Å². The van der Waals surface area contributed by atoms with Gasteiger partial charge in [0, 0.05) is 30.2 Å². The van der Waals surface area contributed by atoms with Crippen molar-refractivity contribution < 1.29 is 22.9 Å². The van der Waals surface area contributed by atoms with Crippen molar-refractivity contribution in [1.82, 2.24) is 10.2 Å². The van der Waals surface area contributed by atoms with Gasteiger partial charge in [-0.05, 0) is 54.8 Å². The number of nitro benzene ring substituents is 1. The zero-order valence-electron chi connectivity index (χ0n) is 22.9. The zero-order valence-corrected chi connectivity index (χ0v) is 24.5. The van der Waals surface area contributed by atoms with Crippen LogP contribution in [0.2, 0.25) is 5.02 Å². The number of non-ortho nitro benzene ring substituents is 1. The first kappa shape index (κ1) is 31.6. The number of nitrogens with one attached hydrogen (secondary N) is 1. The summed E-state index contributed by atoms with van der Waals surface area (Å²) in [4.78, 5) is 39.1. The van der Waals surface area contributed by atoms with Crippen molar-refractivity contribution in [2.24, 2.45) is 0 Å². The standard InChI is InChI=1S/C29H33ClN4O6S/c1-3-5-19-31-29(36)27(4-2)32(20-22-11-13-23(30)14-12-22)28(35)21-33(24-15-17-25(18-16-24)34(37)38)41(39,40)26-9-7-6-8-10-26/h6-18,27H,3-5,19-21H2,1-2H3,(H,31,36)/t27-/m1/s1. The van der Waals surface area contributed by atoms with Crippen LogP contribution in [0.5, 0.6) is 0 Å². The number of unbranched alkanes of at least 4 members (excludes halogenated alkanes) is 1.